The van der Waals surface area contributed by atoms with Gasteiger partial charge in [-0.3, -0.25) is 19.7 Å². The summed E-state index contributed by atoms with van der Waals surface area (Å²) in [5.41, 5.74) is 2.13. The average Bonchev–Trinajstić information content (AvgIpc) is 2.97. The van der Waals surface area contributed by atoms with Crippen LogP contribution in [-0.2, 0) is 9.53 Å². The normalized spacial score (nSPS) is 13.2. The monoisotopic (exact) mass is 562 g/mol. The number of nitrogens with zero attached hydrogens (tertiary/aromatic N) is 3. The maximum Gasteiger partial charge on any atom is 0.338 e. The van der Waals surface area contributed by atoms with E-state index in [4.69, 9.17) is 16.3 Å². The molecule has 11 heteroatoms. The summed E-state index contributed by atoms with van der Waals surface area (Å²) in [6.07, 6.45) is 2.67. The summed E-state index contributed by atoms with van der Waals surface area (Å²) < 4.78 is 5.11. The summed E-state index contributed by atoms with van der Waals surface area (Å²) in [6, 6.07) is 18.2. The molecule has 0 spiro atoms. The number of benzene rings is 3. The number of carbonyl (C=O) groups excluding carboxylic acids is 3. The molecule has 1 fully saturated rings. The summed E-state index contributed by atoms with van der Waals surface area (Å²) in [5.74, 6) is -1.07. The number of anilines is 2. The number of piperazine rings is 1. The molecule has 3 aromatic carbocycles. The zero-order chi connectivity index (χ0) is 28.6. The van der Waals surface area contributed by atoms with Crippen LogP contribution in [0.25, 0.3) is 6.08 Å². The molecule has 0 atom stereocenters. The van der Waals surface area contributed by atoms with Gasteiger partial charge in [0.2, 0.25) is 5.91 Å². The van der Waals surface area contributed by atoms with Gasteiger partial charge in [-0.1, -0.05) is 35.9 Å². The molecule has 0 bridgehead atoms. The van der Waals surface area contributed by atoms with Gasteiger partial charge in [0.25, 0.3) is 11.6 Å². The highest BCUT2D eigenvalue weighted by molar-refractivity contribution is 6.32. The average molecular weight is 563 g/mol. The van der Waals surface area contributed by atoms with Gasteiger partial charge in [0, 0.05) is 43.9 Å². The predicted octanol–water partition coefficient (Wildman–Crippen LogP) is 5.04. The number of hydrogen-bond acceptors (Lipinski definition) is 7. The molecule has 0 saturated carbocycles. The fraction of sp³-hybridized carbons (Fsp3) is 0.207. The lowest BCUT2D eigenvalue weighted by Crippen LogP contribution is -2.49. The van der Waals surface area contributed by atoms with Crippen molar-refractivity contribution in [1.29, 1.82) is 0 Å². The van der Waals surface area contributed by atoms with Crippen molar-refractivity contribution >= 4 is 52.5 Å². The van der Waals surface area contributed by atoms with Crippen molar-refractivity contribution < 1.29 is 24.0 Å². The molecule has 40 heavy (non-hydrogen) atoms. The molecule has 4 rings (SSSR count). The van der Waals surface area contributed by atoms with Crippen LogP contribution in [0.4, 0.5) is 17.1 Å². The molecule has 0 radical (unpaired) electrons. The first kappa shape index (κ1) is 28.3. The molecule has 1 aliphatic rings. The van der Waals surface area contributed by atoms with Gasteiger partial charge >= 0.3 is 5.97 Å². The van der Waals surface area contributed by atoms with Gasteiger partial charge in [0.1, 0.15) is 5.02 Å². The third-order valence-electron chi connectivity index (χ3n) is 6.29. The number of rotatable bonds is 8. The number of nitro groups is 1. The highest BCUT2D eigenvalue weighted by atomic mass is 35.5. The maximum absolute atomic E-state index is 12.9. The number of hydrogen-bond donors (Lipinski definition) is 1. The zero-order valence-corrected chi connectivity index (χ0v) is 22.5. The summed E-state index contributed by atoms with van der Waals surface area (Å²) in [6.45, 7) is 3.91. The first-order valence-corrected chi connectivity index (χ1v) is 13.0. The minimum atomic E-state index is -0.597. The van der Waals surface area contributed by atoms with Crippen LogP contribution in [0.5, 0.6) is 0 Å². The topological polar surface area (TPSA) is 122 Å². The van der Waals surface area contributed by atoms with Crippen molar-refractivity contribution in [1.82, 2.24) is 4.90 Å². The molecule has 1 heterocycles. The Kier molecular flexibility index (Phi) is 9.13. The lowest BCUT2D eigenvalue weighted by atomic mass is 10.1. The number of esters is 1. The number of amides is 2. The van der Waals surface area contributed by atoms with Crippen molar-refractivity contribution in [3.05, 3.63) is 105 Å². The molecule has 0 aliphatic carbocycles. The standard InChI is InChI=1S/C29H27ClN4O6/c1-2-40-29(37)22-10-12-25(32-14-16-33(17-15-32)28(36)21-6-4-3-5-7-21)24(19-22)31-27(35)13-9-20-8-11-23(30)26(18-20)34(38)39/h3-13,18-19H,2,14-17H2,1H3,(H,31,35). The molecular weight excluding hydrogens is 536 g/mol. The van der Waals surface area contributed by atoms with Crippen LogP contribution in [0.2, 0.25) is 5.02 Å². The number of carbonyl (C=O) groups is 3. The molecule has 0 unspecified atom stereocenters. The van der Waals surface area contributed by atoms with Gasteiger partial charge in [-0.25, -0.2) is 4.79 Å². The largest absolute Gasteiger partial charge is 0.462 e. The van der Waals surface area contributed by atoms with Crippen LogP contribution >= 0.6 is 11.6 Å². The number of nitrogens with one attached hydrogen (secondary N) is 1. The maximum atomic E-state index is 12.9. The fourth-order valence-electron chi connectivity index (χ4n) is 4.29. The summed E-state index contributed by atoms with van der Waals surface area (Å²) in [7, 11) is 0. The molecule has 0 aromatic heterocycles. The lowest BCUT2D eigenvalue weighted by Gasteiger charge is -2.37. The van der Waals surface area contributed by atoms with E-state index in [1.54, 1.807) is 48.2 Å². The molecule has 1 saturated heterocycles. The van der Waals surface area contributed by atoms with Crippen LogP contribution in [0.1, 0.15) is 33.2 Å². The second-order valence-electron chi connectivity index (χ2n) is 8.89. The second-order valence-corrected chi connectivity index (χ2v) is 9.30. The van der Waals surface area contributed by atoms with E-state index in [9.17, 15) is 24.5 Å². The zero-order valence-electron chi connectivity index (χ0n) is 21.7. The van der Waals surface area contributed by atoms with E-state index in [2.05, 4.69) is 5.32 Å². The molecule has 1 aliphatic heterocycles. The van der Waals surface area contributed by atoms with Crippen LogP contribution in [0.15, 0.2) is 72.8 Å². The number of halogens is 1. The van der Waals surface area contributed by atoms with Crippen LogP contribution in [0.3, 0.4) is 0 Å². The Labute approximate surface area is 235 Å². The van der Waals surface area contributed by atoms with Gasteiger partial charge in [-0.05, 0) is 55.0 Å². The predicted molar refractivity (Wildman–Crippen MR) is 153 cm³/mol. The molecule has 10 nitrogen and oxygen atoms in total. The van der Waals surface area contributed by atoms with Gasteiger partial charge in [-0.2, -0.15) is 0 Å². The first-order chi connectivity index (χ1) is 19.3. The molecule has 3 aromatic rings. The lowest BCUT2D eigenvalue weighted by molar-refractivity contribution is -0.384. The second kappa shape index (κ2) is 12.9. The van der Waals surface area contributed by atoms with Gasteiger partial charge < -0.3 is 19.9 Å². The third-order valence-corrected chi connectivity index (χ3v) is 6.61. The SMILES string of the molecule is CCOC(=O)c1ccc(N2CCN(C(=O)c3ccccc3)CC2)c(NC(=O)C=Cc2ccc(Cl)c([N+](=O)[O-])c2)c1. The highest BCUT2D eigenvalue weighted by Gasteiger charge is 2.24. The smallest absolute Gasteiger partial charge is 0.338 e. The number of nitro benzene ring substituents is 1. The van der Waals surface area contributed by atoms with Crippen molar-refractivity contribution in [3.63, 3.8) is 0 Å². The summed E-state index contributed by atoms with van der Waals surface area (Å²) >= 11 is 5.86. The van der Waals surface area contributed by atoms with Gasteiger partial charge in [-0.15, -0.1) is 0 Å². The minimum Gasteiger partial charge on any atom is -0.462 e. The van der Waals surface area contributed by atoms with Crippen molar-refractivity contribution in [2.45, 2.75) is 6.92 Å². The van der Waals surface area contributed by atoms with Crippen LogP contribution < -0.4 is 10.2 Å². The van der Waals surface area contributed by atoms with Crippen molar-refractivity contribution in [3.8, 4) is 0 Å². The van der Waals surface area contributed by atoms with Crippen molar-refractivity contribution in [2.75, 3.05) is 43.0 Å². The first-order valence-electron chi connectivity index (χ1n) is 12.6. The Morgan fingerprint density at radius 3 is 2.40 bits per heavy atom. The fourth-order valence-corrected chi connectivity index (χ4v) is 4.47. The Bertz CT molecular complexity index is 1450. The Morgan fingerprint density at radius 2 is 1.73 bits per heavy atom. The Balaban J connectivity index is 1.52. The molecule has 2 amide bonds. The quantitative estimate of drug-likeness (QED) is 0.177. The van der Waals surface area contributed by atoms with E-state index in [1.807, 2.05) is 23.1 Å². The molecule has 206 valence electrons. The van der Waals surface area contributed by atoms with Crippen LogP contribution in [-0.4, -0.2) is 60.4 Å². The van der Waals surface area contributed by atoms with E-state index >= 15 is 0 Å². The minimum absolute atomic E-state index is 0.00223. The van der Waals surface area contributed by atoms with E-state index in [-0.39, 0.29) is 28.8 Å². The van der Waals surface area contributed by atoms with Gasteiger partial charge in [0.15, 0.2) is 0 Å². The van der Waals surface area contributed by atoms with Crippen LogP contribution in [0, 0.1) is 10.1 Å². The highest BCUT2D eigenvalue weighted by Crippen LogP contribution is 2.30. The van der Waals surface area contributed by atoms with E-state index < -0.39 is 16.8 Å². The third kappa shape index (κ3) is 6.83. The number of ether oxygens (including phenoxy) is 1. The Morgan fingerprint density at radius 1 is 1.00 bits per heavy atom. The molecular formula is C29H27ClN4O6. The van der Waals surface area contributed by atoms with E-state index in [0.29, 0.717) is 48.7 Å². The Hall–Kier alpha value is -4.70. The van der Waals surface area contributed by atoms with E-state index in [1.165, 1.54) is 24.3 Å². The molecule has 1 N–H and O–H groups in total. The van der Waals surface area contributed by atoms with E-state index in [0.717, 1.165) is 0 Å². The summed E-state index contributed by atoms with van der Waals surface area (Å²) in [5, 5.41) is 14.0. The summed E-state index contributed by atoms with van der Waals surface area (Å²) in [4.78, 5) is 52.5. The van der Waals surface area contributed by atoms with Crippen molar-refractivity contribution in [2.24, 2.45) is 0 Å². The van der Waals surface area contributed by atoms with Gasteiger partial charge in [0.05, 0.1) is 28.5 Å².